The number of carboxylic acids is 1. The second-order valence-electron chi connectivity index (χ2n) is 5.93. The summed E-state index contributed by atoms with van der Waals surface area (Å²) in [4.78, 5) is 26.7. The lowest BCUT2D eigenvalue weighted by Crippen LogP contribution is -2.49. The maximum Gasteiger partial charge on any atom is 0.323 e. The van der Waals surface area contributed by atoms with Crippen LogP contribution in [-0.2, 0) is 4.79 Å². The Bertz CT molecular complexity index is 343. The summed E-state index contributed by atoms with van der Waals surface area (Å²) < 4.78 is 0. The molecule has 2 amide bonds. The Kier molecular flexibility index (Phi) is 7.50. The van der Waals surface area contributed by atoms with E-state index >= 15 is 0 Å². The van der Waals surface area contributed by atoms with Crippen molar-refractivity contribution in [3.05, 3.63) is 0 Å². The molecular formula is C15H29N3O3. The molecule has 0 aromatic rings. The zero-order chi connectivity index (χ0) is 15.8. The van der Waals surface area contributed by atoms with Gasteiger partial charge in [0.15, 0.2) is 0 Å². The van der Waals surface area contributed by atoms with Crippen molar-refractivity contribution in [1.82, 2.24) is 15.1 Å². The molecule has 21 heavy (non-hydrogen) atoms. The molecule has 0 aliphatic heterocycles. The van der Waals surface area contributed by atoms with Crippen LogP contribution in [0.1, 0.15) is 46.0 Å². The SMILES string of the molecule is CCC(C)N(CC(=O)O)C(=O)NCCN(C)C1CCCC1. The van der Waals surface area contributed by atoms with Crippen LogP contribution < -0.4 is 5.32 Å². The summed E-state index contributed by atoms with van der Waals surface area (Å²) in [6, 6.07) is 0.270. The highest BCUT2D eigenvalue weighted by molar-refractivity contribution is 5.80. The molecule has 6 nitrogen and oxygen atoms in total. The van der Waals surface area contributed by atoms with Crippen molar-refractivity contribution >= 4 is 12.0 Å². The minimum absolute atomic E-state index is 0.0753. The summed E-state index contributed by atoms with van der Waals surface area (Å²) in [6.07, 6.45) is 5.80. The average molecular weight is 299 g/mol. The normalized spacial score (nSPS) is 17.0. The Hall–Kier alpha value is -1.30. The summed E-state index contributed by atoms with van der Waals surface area (Å²) in [5.74, 6) is -0.978. The third kappa shape index (κ3) is 5.91. The van der Waals surface area contributed by atoms with Gasteiger partial charge >= 0.3 is 12.0 Å². The van der Waals surface area contributed by atoms with Gasteiger partial charge in [-0.2, -0.15) is 0 Å². The van der Waals surface area contributed by atoms with Crippen molar-refractivity contribution in [3.63, 3.8) is 0 Å². The minimum atomic E-state index is -0.978. The highest BCUT2D eigenvalue weighted by atomic mass is 16.4. The number of aliphatic carboxylic acids is 1. The van der Waals surface area contributed by atoms with Gasteiger partial charge in [-0.15, -0.1) is 0 Å². The van der Waals surface area contributed by atoms with Crippen LogP contribution in [-0.4, -0.2) is 65.7 Å². The van der Waals surface area contributed by atoms with Crippen LogP contribution in [0, 0.1) is 0 Å². The van der Waals surface area contributed by atoms with Crippen molar-refractivity contribution in [3.8, 4) is 0 Å². The monoisotopic (exact) mass is 299 g/mol. The summed E-state index contributed by atoms with van der Waals surface area (Å²) in [5, 5.41) is 11.7. The molecule has 0 spiro atoms. The minimum Gasteiger partial charge on any atom is -0.480 e. The largest absolute Gasteiger partial charge is 0.480 e. The lowest BCUT2D eigenvalue weighted by molar-refractivity contribution is -0.138. The molecule has 6 heteroatoms. The van der Waals surface area contributed by atoms with Crippen LogP contribution >= 0.6 is 0 Å². The fourth-order valence-corrected chi connectivity index (χ4v) is 2.76. The number of carbonyl (C=O) groups is 2. The van der Waals surface area contributed by atoms with Gasteiger partial charge in [-0.05, 0) is 33.2 Å². The maximum absolute atomic E-state index is 12.1. The van der Waals surface area contributed by atoms with Gasteiger partial charge in [-0.25, -0.2) is 4.79 Å². The van der Waals surface area contributed by atoms with Gasteiger partial charge in [-0.3, -0.25) is 4.79 Å². The number of nitrogens with zero attached hydrogens (tertiary/aromatic N) is 2. The molecule has 2 N–H and O–H groups in total. The fraction of sp³-hybridized carbons (Fsp3) is 0.867. The summed E-state index contributed by atoms with van der Waals surface area (Å²) in [6.45, 7) is 4.92. The number of nitrogens with one attached hydrogen (secondary N) is 1. The topological polar surface area (TPSA) is 72.9 Å². The Morgan fingerprint density at radius 3 is 2.48 bits per heavy atom. The predicted octanol–water partition coefficient (Wildman–Crippen LogP) is 1.76. The van der Waals surface area contributed by atoms with E-state index in [1.54, 1.807) is 0 Å². The van der Waals surface area contributed by atoms with E-state index in [1.807, 2.05) is 13.8 Å². The molecule has 0 saturated heterocycles. The molecule has 1 atom stereocenters. The smallest absolute Gasteiger partial charge is 0.323 e. The third-order valence-corrected chi connectivity index (χ3v) is 4.38. The predicted molar refractivity (Wildman–Crippen MR) is 82.4 cm³/mol. The first-order chi connectivity index (χ1) is 9.95. The van der Waals surface area contributed by atoms with E-state index in [1.165, 1.54) is 30.6 Å². The van der Waals surface area contributed by atoms with E-state index in [0.717, 1.165) is 13.0 Å². The third-order valence-electron chi connectivity index (χ3n) is 4.38. The second kappa shape index (κ2) is 8.87. The Morgan fingerprint density at radius 1 is 1.33 bits per heavy atom. The molecule has 1 aliphatic carbocycles. The van der Waals surface area contributed by atoms with Crippen LogP contribution in [0.25, 0.3) is 0 Å². The summed E-state index contributed by atoms with van der Waals surface area (Å²) in [5.41, 5.74) is 0. The van der Waals surface area contributed by atoms with Gasteiger partial charge in [0.25, 0.3) is 0 Å². The van der Waals surface area contributed by atoms with Crippen molar-refractivity contribution in [2.24, 2.45) is 0 Å². The van der Waals surface area contributed by atoms with Gasteiger partial charge in [0.2, 0.25) is 0 Å². The highest BCUT2D eigenvalue weighted by Gasteiger charge is 2.22. The number of carboxylic acid groups (broad SMARTS) is 1. The quantitative estimate of drug-likeness (QED) is 0.716. The molecule has 1 fully saturated rings. The second-order valence-corrected chi connectivity index (χ2v) is 5.93. The van der Waals surface area contributed by atoms with Crippen molar-refractivity contribution in [2.75, 3.05) is 26.7 Å². The van der Waals surface area contributed by atoms with E-state index in [9.17, 15) is 9.59 Å². The lowest BCUT2D eigenvalue weighted by atomic mass is 10.2. The molecule has 1 aliphatic rings. The molecule has 0 aromatic heterocycles. The van der Waals surface area contributed by atoms with Crippen molar-refractivity contribution < 1.29 is 14.7 Å². The van der Waals surface area contributed by atoms with Gasteiger partial charge < -0.3 is 20.2 Å². The van der Waals surface area contributed by atoms with Gasteiger partial charge in [-0.1, -0.05) is 19.8 Å². The Balaban J connectivity index is 2.36. The molecule has 1 rings (SSSR count). The first-order valence-corrected chi connectivity index (χ1v) is 7.92. The molecule has 1 saturated carbocycles. The maximum atomic E-state index is 12.1. The molecule has 0 aromatic carbocycles. The zero-order valence-corrected chi connectivity index (χ0v) is 13.5. The standard InChI is InChI=1S/C15H29N3O3/c1-4-12(2)18(11-14(19)20)15(21)16-9-10-17(3)13-7-5-6-8-13/h12-13H,4-11H2,1-3H3,(H,16,21)(H,19,20). The average Bonchev–Trinajstić information content (AvgIpc) is 2.97. The van der Waals surface area contributed by atoms with E-state index < -0.39 is 5.97 Å². The number of hydrogen-bond donors (Lipinski definition) is 2. The summed E-state index contributed by atoms with van der Waals surface area (Å²) in [7, 11) is 2.09. The zero-order valence-electron chi connectivity index (χ0n) is 13.5. The number of urea groups is 1. The molecule has 0 radical (unpaired) electrons. The number of carbonyl (C=O) groups excluding carboxylic acids is 1. The van der Waals surface area contributed by atoms with Crippen molar-refractivity contribution in [2.45, 2.75) is 58.0 Å². The number of rotatable bonds is 8. The van der Waals surface area contributed by atoms with E-state index in [2.05, 4.69) is 17.3 Å². The number of likely N-dealkylation sites (N-methyl/N-ethyl adjacent to an activating group) is 1. The van der Waals surface area contributed by atoms with E-state index in [0.29, 0.717) is 12.6 Å². The van der Waals surface area contributed by atoms with Crippen LogP contribution in [0.15, 0.2) is 0 Å². The molecular weight excluding hydrogens is 270 g/mol. The van der Waals surface area contributed by atoms with Gasteiger partial charge in [0, 0.05) is 25.2 Å². The van der Waals surface area contributed by atoms with E-state index in [-0.39, 0.29) is 18.6 Å². The Morgan fingerprint density at radius 2 is 1.95 bits per heavy atom. The molecule has 0 bridgehead atoms. The molecule has 122 valence electrons. The first kappa shape index (κ1) is 17.8. The van der Waals surface area contributed by atoms with Crippen LogP contribution in [0.3, 0.4) is 0 Å². The van der Waals surface area contributed by atoms with Crippen LogP contribution in [0.4, 0.5) is 4.79 Å². The van der Waals surface area contributed by atoms with Crippen LogP contribution in [0.5, 0.6) is 0 Å². The van der Waals surface area contributed by atoms with Crippen LogP contribution in [0.2, 0.25) is 0 Å². The molecule has 0 heterocycles. The molecule has 1 unspecified atom stereocenters. The Labute approximate surface area is 127 Å². The fourth-order valence-electron chi connectivity index (χ4n) is 2.76. The van der Waals surface area contributed by atoms with E-state index in [4.69, 9.17) is 5.11 Å². The van der Waals surface area contributed by atoms with Gasteiger partial charge in [0.05, 0.1) is 0 Å². The van der Waals surface area contributed by atoms with Gasteiger partial charge in [0.1, 0.15) is 6.54 Å². The highest BCUT2D eigenvalue weighted by Crippen LogP contribution is 2.21. The first-order valence-electron chi connectivity index (χ1n) is 7.92. The number of hydrogen-bond acceptors (Lipinski definition) is 3. The van der Waals surface area contributed by atoms with Crippen molar-refractivity contribution in [1.29, 1.82) is 0 Å². The number of amides is 2. The summed E-state index contributed by atoms with van der Waals surface area (Å²) >= 11 is 0. The lowest BCUT2D eigenvalue weighted by Gasteiger charge is -2.28.